The molecule has 0 unspecified atom stereocenters. The third-order valence-electron chi connectivity index (χ3n) is 3.76. The van der Waals surface area contributed by atoms with Crippen LogP contribution in [0.5, 0.6) is 0 Å². The van der Waals surface area contributed by atoms with E-state index in [9.17, 15) is 22.4 Å². The molecule has 1 heterocycles. The summed E-state index contributed by atoms with van der Waals surface area (Å²) in [5.41, 5.74) is -1.88. The molecular weight excluding hydrogens is 382 g/mol. The van der Waals surface area contributed by atoms with Crippen molar-refractivity contribution in [2.75, 3.05) is 16.4 Å². The minimum absolute atomic E-state index is 0.0616. The summed E-state index contributed by atoms with van der Waals surface area (Å²) in [6, 6.07) is 10.2. The lowest BCUT2D eigenvalue weighted by atomic mass is 10.1. The van der Waals surface area contributed by atoms with Crippen LogP contribution in [-0.2, 0) is 6.42 Å². The van der Waals surface area contributed by atoms with Gasteiger partial charge >= 0.3 is 11.5 Å². The number of anilines is 2. The van der Waals surface area contributed by atoms with Gasteiger partial charge in [-0.15, -0.1) is 0 Å². The van der Waals surface area contributed by atoms with Crippen LogP contribution < -0.4 is 10.6 Å². The molecule has 2 amide bonds. The van der Waals surface area contributed by atoms with Crippen LogP contribution >= 0.6 is 11.8 Å². The SMILES string of the molecule is O=C(Nc1ccc(CCSC(F)(F)F)cc1)Nc1c[nH]c2ccc(F)cc12. The summed E-state index contributed by atoms with van der Waals surface area (Å²) < 4.78 is 49.7. The van der Waals surface area contributed by atoms with E-state index in [1.165, 1.54) is 12.1 Å². The van der Waals surface area contributed by atoms with E-state index in [0.717, 1.165) is 5.56 Å². The van der Waals surface area contributed by atoms with E-state index in [-0.39, 0.29) is 23.9 Å². The number of rotatable bonds is 5. The molecule has 3 aromatic rings. The molecule has 3 rings (SSSR count). The van der Waals surface area contributed by atoms with E-state index in [0.29, 0.717) is 22.3 Å². The Morgan fingerprint density at radius 1 is 1.07 bits per heavy atom. The fraction of sp³-hybridized carbons (Fsp3) is 0.167. The predicted octanol–water partition coefficient (Wildman–Crippen LogP) is 5.75. The Kier molecular flexibility index (Phi) is 5.59. The largest absolute Gasteiger partial charge is 0.441 e. The molecule has 3 N–H and O–H groups in total. The van der Waals surface area contributed by atoms with Gasteiger partial charge in [0.15, 0.2) is 0 Å². The minimum atomic E-state index is -4.23. The van der Waals surface area contributed by atoms with Crippen molar-refractivity contribution in [3.63, 3.8) is 0 Å². The van der Waals surface area contributed by atoms with Crippen LogP contribution in [0.2, 0.25) is 0 Å². The molecule has 0 aliphatic heterocycles. The molecule has 0 atom stereocenters. The second kappa shape index (κ2) is 7.91. The van der Waals surface area contributed by atoms with Crippen LogP contribution in [-0.4, -0.2) is 22.3 Å². The standard InChI is InChI=1S/C18H15F4N3OS/c19-12-3-6-15-14(9-12)16(10-23-15)25-17(26)24-13-4-1-11(2-5-13)7-8-27-18(20,21)22/h1-6,9-10,23H,7-8H2,(H2,24,25,26). The monoisotopic (exact) mass is 397 g/mol. The quantitative estimate of drug-likeness (QED) is 0.481. The molecule has 0 radical (unpaired) electrons. The number of aromatic nitrogens is 1. The average molecular weight is 397 g/mol. The zero-order valence-electron chi connectivity index (χ0n) is 13.9. The molecule has 0 spiro atoms. The molecule has 27 heavy (non-hydrogen) atoms. The third kappa shape index (κ3) is 5.40. The zero-order chi connectivity index (χ0) is 19.4. The Morgan fingerprint density at radius 3 is 2.52 bits per heavy atom. The molecule has 142 valence electrons. The molecule has 0 aliphatic rings. The van der Waals surface area contributed by atoms with Crippen LogP contribution in [0.3, 0.4) is 0 Å². The zero-order valence-corrected chi connectivity index (χ0v) is 14.7. The molecule has 0 fully saturated rings. The highest BCUT2D eigenvalue weighted by molar-refractivity contribution is 8.00. The van der Waals surface area contributed by atoms with E-state index < -0.39 is 17.4 Å². The van der Waals surface area contributed by atoms with Crippen molar-refractivity contribution in [2.24, 2.45) is 0 Å². The number of nitrogens with one attached hydrogen (secondary N) is 3. The molecule has 0 bridgehead atoms. The first-order valence-electron chi connectivity index (χ1n) is 7.94. The van der Waals surface area contributed by atoms with Gasteiger partial charge in [0, 0.05) is 28.5 Å². The van der Waals surface area contributed by atoms with E-state index in [1.807, 2.05) is 0 Å². The number of halogens is 4. The van der Waals surface area contributed by atoms with Crippen molar-refractivity contribution in [2.45, 2.75) is 11.9 Å². The maximum absolute atomic E-state index is 13.4. The van der Waals surface area contributed by atoms with E-state index in [4.69, 9.17) is 0 Å². The number of carbonyl (C=O) groups is 1. The lowest BCUT2D eigenvalue weighted by molar-refractivity contribution is -0.0327. The molecule has 0 saturated carbocycles. The van der Waals surface area contributed by atoms with Gasteiger partial charge in [-0.3, -0.25) is 0 Å². The number of alkyl halides is 3. The van der Waals surface area contributed by atoms with Gasteiger partial charge in [-0.05, 0) is 42.3 Å². The molecule has 0 aliphatic carbocycles. The summed E-state index contributed by atoms with van der Waals surface area (Å²) in [7, 11) is 0. The molecule has 0 saturated heterocycles. The smallest absolute Gasteiger partial charge is 0.359 e. The average Bonchev–Trinajstić information content (AvgIpc) is 2.97. The summed E-state index contributed by atoms with van der Waals surface area (Å²) in [6.07, 6.45) is 1.84. The minimum Gasteiger partial charge on any atom is -0.359 e. The number of amides is 2. The molecule has 1 aromatic heterocycles. The van der Waals surface area contributed by atoms with Crippen LogP contribution in [0.1, 0.15) is 5.56 Å². The van der Waals surface area contributed by atoms with Crippen molar-refractivity contribution in [1.82, 2.24) is 4.98 Å². The number of thioether (sulfide) groups is 1. The van der Waals surface area contributed by atoms with Crippen LogP contribution in [0.4, 0.5) is 33.7 Å². The third-order valence-corrected chi connectivity index (χ3v) is 4.50. The highest BCUT2D eigenvalue weighted by Gasteiger charge is 2.27. The van der Waals surface area contributed by atoms with Crippen molar-refractivity contribution in [1.29, 1.82) is 0 Å². The van der Waals surface area contributed by atoms with Gasteiger partial charge in [0.1, 0.15) is 5.82 Å². The first-order valence-corrected chi connectivity index (χ1v) is 8.93. The molecule has 4 nitrogen and oxygen atoms in total. The first kappa shape index (κ1) is 19.1. The maximum atomic E-state index is 13.4. The first-order chi connectivity index (χ1) is 12.8. The number of aromatic amines is 1. The van der Waals surface area contributed by atoms with Gasteiger partial charge < -0.3 is 15.6 Å². The number of hydrogen-bond acceptors (Lipinski definition) is 2. The van der Waals surface area contributed by atoms with E-state index in [2.05, 4.69) is 15.6 Å². The summed E-state index contributed by atoms with van der Waals surface area (Å²) in [6.45, 7) is 0. The Bertz CT molecular complexity index is 938. The van der Waals surface area contributed by atoms with Crippen molar-refractivity contribution >= 4 is 40.1 Å². The fourth-order valence-electron chi connectivity index (χ4n) is 2.52. The Balaban J connectivity index is 1.56. The molecule has 2 aromatic carbocycles. The maximum Gasteiger partial charge on any atom is 0.441 e. The number of H-pyrrole nitrogens is 1. The van der Waals surface area contributed by atoms with Crippen LogP contribution in [0.25, 0.3) is 10.9 Å². The number of hydrogen-bond donors (Lipinski definition) is 3. The second-order valence-electron chi connectivity index (χ2n) is 5.71. The Morgan fingerprint density at radius 2 is 1.81 bits per heavy atom. The topological polar surface area (TPSA) is 56.9 Å². The number of urea groups is 1. The Labute approximate surface area is 156 Å². The van der Waals surface area contributed by atoms with Gasteiger partial charge in [-0.25, -0.2) is 9.18 Å². The van der Waals surface area contributed by atoms with Crippen LogP contribution in [0.15, 0.2) is 48.7 Å². The second-order valence-corrected chi connectivity index (χ2v) is 6.87. The number of benzene rings is 2. The van der Waals surface area contributed by atoms with Gasteiger partial charge in [0.2, 0.25) is 0 Å². The van der Waals surface area contributed by atoms with E-state index in [1.54, 1.807) is 36.5 Å². The number of fused-ring (bicyclic) bond motifs is 1. The lowest BCUT2D eigenvalue weighted by Gasteiger charge is -2.08. The number of carbonyl (C=O) groups excluding carboxylic acids is 1. The summed E-state index contributed by atoms with van der Waals surface area (Å²) in [4.78, 5) is 15.0. The molecule has 9 heteroatoms. The predicted molar refractivity (Wildman–Crippen MR) is 99.6 cm³/mol. The summed E-state index contributed by atoms with van der Waals surface area (Å²) >= 11 is -0.0622. The highest BCUT2D eigenvalue weighted by Crippen LogP contribution is 2.30. The van der Waals surface area contributed by atoms with Crippen molar-refractivity contribution in [3.8, 4) is 0 Å². The van der Waals surface area contributed by atoms with Gasteiger partial charge in [-0.2, -0.15) is 13.2 Å². The van der Waals surface area contributed by atoms with Crippen molar-refractivity contribution in [3.05, 3.63) is 60.0 Å². The Hall–Kier alpha value is -2.68. The van der Waals surface area contributed by atoms with E-state index >= 15 is 0 Å². The summed E-state index contributed by atoms with van der Waals surface area (Å²) in [5.74, 6) is -0.474. The highest BCUT2D eigenvalue weighted by atomic mass is 32.2. The van der Waals surface area contributed by atoms with Gasteiger partial charge in [-0.1, -0.05) is 23.9 Å². The normalized spacial score (nSPS) is 11.6. The molecular formula is C18H15F4N3OS. The van der Waals surface area contributed by atoms with Crippen LogP contribution in [0, 0.1) is 5.82 Å². The fourth-order valence-corrected chi connectivity index (χ4v) is 3.09. The summed E-state index contributed by atoms with van der Waals surface area (Å²) in [5, 5.41) is 5.80. The van der Waals surface area contributed by atoms with Crippen molar-refractivity contribution < 1.29 is 22.4 Å². The van der Waals surface area contributed by atoms with Gasteiger partial charge in [0.25, 0.3) is 0 Å². The lowest BCUT2D eigenvalue weighted by Crippen LogP contribution is -2.19. The van der Waals surface area contributed by atoms with Gasteiger partial charge in [0.05, 0.1) is 5.69 Å². The number of aryl methyl sites for hydroxylation is 1.